The van der Waals surface area contributed by atoms with Gasteiger partial charge >= 0.3 is 6.09 Å². The van der Waals surface area contributed by atoms with Crippen molar-refractivity contribution in [3.8, 4) is 5.75 Å². The molecule has 2 aromatic rings. The zero-order valence-corrected chi connectivity index (χ0v) is 14.6. The van der Waals surface area contributed by atoms with Crippen LogP contribution in [0, 0.1) is 6.92 Å². The lowest BCUT2D eigenvalue weighted by Crippen LogP contribution is -2.43. The number of benzene rings is 2. The van der Waals surface area contributed by atoms with Crippen LogP contribution in [0.3, 0.4) is 0 Å². The molecule has 1 aliphatic heterocycles. The summed E-state index contributed by atoms with van der Waals surface area (Å²) in [6, 6.07) is 13.8. The molecule has 6 heteroatoms. The van der Waals surface area contributed by atoms with Crippen LogP contribution in [0.5, 0.6) is 5.75 Å². The Kier molecular flexibility index (Phi) is 5.41. The van der Waals surface area contributed by atoms with Crippen LogP contribution in [0.4, 0.5) is 10.5 Å². The monoisotopic (exact) mass is 354 g/mol. The highest BCUT2D eigenvalue weighted by Gasteiger charge is 2.35. The molecule has 0 unspecified atom stereocenters. The number of amides is 2. The number of aromatic hydroxyl groups is 1. The average Bonchev–Trinajstić information content (AvgIpc) is 3.13. The van der Waals surface area contributed by atoms with Crippen LogP contribution in [0.15, 0.2) is 48.5 Å². The molecule has 136 valence electrons. The predicted octanol–water partition coefficient (Wildman–Crippen LogP) is 3.44. The number of phenols is 1. The van der Waals surface area contributed by atoms with Crippen molar-refractivity contribution < 1.29 is 19.4 Å². The number of aryl methyl sites for hydroxylation is 1. The molecule has 0 spiro atoms. The summed E-state index contributed by atoms with van der Waals surface area (Å²) in [6.07, 6.45) is 0.803. The first-order valence-corrected chi connectivity index (χ1v) is 8.62. The molecule has 2 amide bonds. The van der Waals surface area contributed by atoms with Gasteiger partial charge in [0.25, 0.3) is 0 Å². The molecule has 1 heterocycles. The fourth-order valence-electron chi connectivity index (χ4n) is 3.03. The van der Waals surface area contributed by atoms with Gasteiger partial charge in [-0.1, -0.05) is 36.4 Å². The topological polar surface area (TPSA) is 78.9 Å². The third-order valence-electron chi connectivity index (χ3n) is 4.41. The highest BCUT2D eigenvalue weighted by molar-refractivity contribution is 5.98. The molecule has 0 saturated carbocycles. The zero-order valence-electron chi connectivity index (χ0n) is 14.6. The van der Waals surface area contributed by atoms with Gasteiger partial charge in [-0.05, 0) is 43.0 Å². The standard InChI is InChI=1S/C20H22N2O4/c1-14-9-10-18(23)16(12-14)21-19(24)17-8-5-11-22(17)20(25)26-13-15-6-3-2-4-7-15/h2-4,6-7,9-10,12,17,23H,5,8,11,13H2,1H3,(H,21,24)/t17-/m0/s1. The summed E-state index contributed by atoms with van der Waals surface area (Å²) in [5, 5.41) is 12.6. The van der Waals surface area contributed by atoms with Gasteiger partial charge in [0.2, 0.25) is 5.91 Å². The van der Waals surface area contributed by atoms with Crippen molar-refractivity contribution in [1.82, 2.24) is 4.90 Å². The highest BCUT2D eigenvalue weighted by atomic mass is 16.6. The molecule has 0 aliphatic carbocycles. The summed E-state index contributed by atoms with van der Waals surface area (Å²) in [5.74, 6) is -0.319. The van der Waals surface area contributed by atoms with Crippen LogP contribution in [-0.4, -0.2) is 34.6 Å². The predicted molar refractivity (Wildman–Crippen MR) is 97.8 cm³/mol. The Morgan fingerprint density at radius 2 is 2.00 bits per heavy atom. The van der Waals surface area contributed by atoms with Crippen LogP contribution in [0.2, 0.25) is 0 Å². The Labute approximate surface area is 152 Å². The maximum atomic E-state index is 12.6. The molecule has 1 aliphatic rings. The van der Waals surface area contributed by atoms with Crippen molar-refractivity contribution in [2.75, 3.05) is 11.9 Å². The Morgan fingerprint density at radius 3 is 2.77 bits per heavy atom. The molecule has 3 rings (SSSR count). The maximum absolute atomic E-state index is 12.6. The van der Waals surface area contributed by atoms with Gasteiger partial charge in [0.1, 0.15) is 18.4 Å². The van der Waals surface area contributed by atoms with Gasteiger partial charge in [-0.15, -0.1) is 0 Å². The molecule has 1 atom stereocenters. The van der Waals surface area contributed by atoms with E-state index in [-0.39, 0.29) is 18.3 Å². The highest BCUT2D eigenvalue weighted by Crippen LogP contribution is 2.26. The second-order valence-electron chi connectivity index (χ2n) is 6.40. The second kappa shape index (κ2) is 7.91. The number of hydrogen-bond acceptors (Lipinski definition) is 4. The van der Waals surface area contributed by atoms with Crippen molar-refractivity contribution in [3.05, 3.63) is 59.7 Å². The van der Waals surface area contributed by atoms with E-state index in [0.717, 1.165) is 17.5 Å². The summed E-state index contributed by atoms with van der Waals surface area (Å²) in [7, 11) is 0. The summed E-state index contributed by atoms with van der Waals surface area (Å²) < 4.78 is 5.34. The minimum absolute atomic E-state index is 0.000140. The molecular formula is C20H22N2O4. The van der Waals surface area contributed by atoms with E-state index in [2.05, 4.69) is 5.32 Å². The molecule has 2 aromatic carbocycles. The summed E-state index contributed by atoms with van der Waals surface area (Å²) >= 11 is 0. The number of likely N-dealkylation sites (tertiary alicyclic amines) is 1. The van der Waals surface area contributed by atoms with Crippen LogP contribution in [-0.2, 0) is 16.1 Å². The number of ether oxygens (including phenoxy) is 1. The Morgan fingerprint density at radius 1 is 1.23 bits per heavy atom. The van der Waals surface area contributed by atoms with Crippen LogP contribution >= 0.6 is 0 Å². The SMILES string of the molecule is Cc1ccc(O)c(NC(=O)[C@@H]2CCCN2C(=O)OCc2ccccc2)c1. The number of nitrogens with zero attached hydrogens (tertiary/aromatic N) is 1. The maximum Gasteiger partial charge on any atom is 0.410 e. The number of nitrogens with one attached hydrogen (secondary N) is 1. The van der Waals surface area contributed by atoms with Gasteiger partial charge < -0.3 is 15.2 Å². The van der Waals surface area contributed by atoms with E-state index in [9.17, 15) is 14.7 Å². The summed E-state index contributed by atoms with van der Waals surface area (Å²) in [4.78, 5) is 26.4. The van der Waals surface area contributed by atoms with Crippen molar-refractivity contribution in [2.45, 2.75) is 32.4 Å². The number of anilines is 1. The smallest absolute Gasteiger partial charge is 0.410 e. The van der Waals surface area contributed by atoms with E-state index in [1.54, 1.807) is 12.1 Å². The van der Waals surface area contributed by atoms with Gasteiger partial charge in [0, 0.05) is 6.54 Å². The zero-order chi connectivity index (χ0) is 18.5. The van der Waals surface area contributed by atoms with Gasteiger partial charge in [0.15, 0.2) is 0 Å². The molecule has 0 aromatic heterocycles. The first-order valence-electron chi connectivity index (χ1n) is 8.62. The normalized spacial score (nSPS) is 16.3. The minimum atomic E-state index is -0.599. The van der Waals surface area contributed by atoms with E-state index in [4.69, 9.17) is 4.74 Å². The number of carbonyl (C=O) groups is 2. The van der Waals surface area contributed by atoms with Gasteiger partial charge in [0.05, 0.1) is 5.69 Å². The molecule has 0 radical (unpaired) electrons. The minimum Gasteiger partial charge on any atom is -0.506 e. The molecule has 1 saturated heterocycles. The van der Waals surface area contributed by atoms with Crippen molar-refractivity contribution in [3.63, 3.8) is 0 Å². The molecule has 6 nitrogen and oxygen atoms in total. The average molecular weight is 354 g/mol. The largest absolute Gasteiger partial charge is 0.506 e. The second-order valence-corrected chi connectivity index (χ2v) is 6.40. The summed E-state index contributed by atoms with van der Waals surface area (Å²) in [5.41, 5.74) is 2.16. The quantitative estimate of drug-likeness (QED) is 0.825. The van der Waals surface area contributed by atoms with Gasteiger partial charge in [-0.2, -0.15) is 0 Å². The lowest BCUT2D eigenvalue weighted by molar-refractivity contribution is -0.120. The molecule has 2 N–H and O–H groups in total. The van der Waals surface area contributed by atoms with Crippen molar-refractivity contribution >= 4 is 17.7 Å². The van der Waals surface area contributed by atoms with Crippen molar-refractivity contribution in [1.29, 1.82) is 0 Å². The Hall–Kier alpha value is -3.02. The Balaban J connectivity index is 1.62. The third-order valence-corrected chi connectivity index (χ3v) is 4.41. The number of hydrogen-bond donors (Lipinski definition) is 2. The van der Waals surface area contributed by atoms with E-state index < -0.39 is 12.1 Å². The van der Waals surface area contributed by atoms with E-state index in [0.29, 0.717) is 18.7 Å². The first kappa shape index (κ1) is 17.8. The van der Waals surface area contributed by atoms with Gasteiger partial charge in [-0.3, -0.25) is 9.69 Å². The molecule has 0 bridgehead atoms. The summed E-state index contributed by atoms with van der Waals surface area (Å²) in [6.45, 7) is 2.52. The number of carbonyl (C=O) groups excluding carboxylic acids is 2. The molecule has 1 fully saturated rings. The van der Waals surface area contributed by atoms with Crippen molar-refractivity contribution in [2.24, 2.45) is 0 Å². The van der Waals surface area contributed by atoms with Crippen LogP contribution < -0.4 is 5.32 Å². The van der Waals surface area contributed by atoms with Crippen LogP contribution in [0.25, 0.3) is 0 Å². The van der Waals surface area contributed by atoms with E-state index in [1.807, 2.05) is 37.3 Å². The number of rotatable bonds is 4. The fourth-order valence-corrected chi connectivity index (χ4v) is 3.03. The number of phenolic OH excluding ortho intramolecular Hbond substituents is 1. The lowest BCUT2D eigenvalue weighted by atomic mass is 10.1. The van der Waals surface area contributed by atoms with Crippen LogP contribution in [0.1, 0.15) is 24.0 Å². The van der Waals surface area contributed by atoms with E-state index >= 15 is 0 Å². The third kappa shape index (κ3) is 4.14. The van der Waals surface area contributed by atoms with E-state index in [1.165, 1.54) is 11.0 Å². The fraction of sp³-hybridized carbons (Fsp3) is 0.300. The first-order chi connectivity index (χ1) is 12.5. The molecular weight excluding hydrogens is 332 g/mol. The lowest BCUT2D eigenvalue weighted by Gasteiger charge is -2.23. The molecule has 26 heavy (non-hydrogen) atoms. The Bertz CT molecular complexity index is 792. The van der Waals surface area contributed by atoms with Gasteiger partial charge in [-0.25, -0.2) is 4.79 Å².